The van der Waals surface area contributed by atoms with Crippen molar-refractivity contribution in [1.82, 2.24) is 0 Å². The summed E-state index contributed by atoms with van der Waals surface area (Å²) in [4.78, 5) is 0. The fraction of sp³-hybridized carbons (Fsp3) is 0.143. The molecule has 0 heterocycles. The minimum absolute atomic E-state index is 0.458. The molecule has 0 bridgehead atoms. The first-order chi connectivity index (χ1) is 7.81. The summed E-state index contributed by atoms with van der Waals surface area (Å²) < 4.78 is 4.61. The number of benzene rings is 2. The quantitative estimate of drug-likeness (QED) is 0.733. The molecule has 0 spiro atoms. The molecule has 0 aliphatic carbocycles. The zero-order chi connectivity index (χ0) is 11.4. The summed E-state index contributed by atoms with van der Waals surface area (Å²) in [6, 6.07) is 17.6. The maximum absolute atomic E-state index is 2.29. The summed E-state index contributed by atoms with van der Waals surface area (Å²) in [5.41, 5.74) is 1.42. The predicted molar refractivity (Wildman–Crippen MR) is 73.9 cm³/mol. The molecule has 0 amide bonds. The van der Waals surface area contributed by atoms with Gasteiger partial charge in [-0.05, 0) is 0 Å². The molecule has 16 heavy (non-hydrogen) atoms. The van der Waals surface area contributed by atoms with Crippen LogP contribution in [0.4, 0.5) is 0 Å². The Morgan fingerprint density at radius 2 is 1.31 bits per heavy atom. The number of aryl methyl sites for hydroxylation is 1. The van der Waals surface area contributed by atoms with Crippen LogP contribution in [0.15, 0.2) is 48.5 Å². The monoisotopic (exact) mass is 342 g/mol. The molecule has 0 aliphatic rings. The first kappa shape index (κ1) is 11.9. The molecule has 0 N–H and O–H groups in total. The Balaban J connectivity index is 2.30. The number of rotatable bonds is 3. The Hall–Kier alpha value is -0.521. The van der Waals surface area contributed by atoms with E-state index in [0.29, 0.717) is 29.9 Å². The van der Waals surface area contributed by atoms with E-state index in [1.165, 1.54) is 10.0 Å². The van der Waals surface area contributed by atoms with Crippen molar-refractivity contribution in [2.24, 2.45) is 0 Å². The second-order valence-corrected chi connectivity index (χ2v) is 7.57. The first-order valence-electron chi connectivity index (χ1n) is 5.18. The molecule has 0 fully saturated rings. The third-order valence-electron chi connectivity index (χ3n) is 2.38. The van der Waals surface area contributed by atoms with E-state index in [2.05, 4.69) is 61.3 Å². The van der Waals surface area contributed by atoms with Crippen LogP contribution < -0.4 is 13.4 Å². The summed E-state index contributed by atoms with van der Waals surface area (Å²) in [6.07, 6.45) is 0. The average Bonchev–Trinajstić information content (AvgIpc) is 2.33. The van der Waals surface area contributed by atoms with E-state index >= 15 is 0 Å². The summed E-state index contributed by atoms with van der Waals surface area (Å²) in [5.74, 6) is 2.29. The molecule has 2 aromatic carbocycles. The van der Waals surface area contributed by atoms with Crippen molar-refractivity contribution in [3.05, 3.63) is 54.1 Å². The Kier molecular flexibility index (Phi) is 4.26. The van der Waals surface area contributed by atoms with E-state index < -0.39 is 0 Å². The van der Waals surface area contributed by atoms with Crippen molar-refractivity contribution in [2.45, 2.75) is 12.7 Å². The van der Waals surface area contributed by atoms with Crippen molar-refractivity contribution in [3.63, 3.8) is 0 Å². The molecule has 0 saturated carbocycles. The summed E-state index contributed by atoms with van der Waals surface area (Å²) in [5, 5.41) is 0. The molecule has 0 aliphatic heterocycles. The molecule has 0 saturated heterocycles. The molecule has 0 nitrogen and oxygen atoms in total. The van der Waals surface area contributed by atoms with E-state index in [1.807, 2.05) is 0 Å². The third kappa shape index (κ3) is 2.78. The SMILES string of the molecule is C[Se]c1ccccc1[Se]c1ccccc1C. The van der Waals surface area contributed by atoms with E-state index in [1.54, 1.807) is 8.92 Å². The zero-order valence-corrected chi connectivity index (χ0v) is 12.9. The van der Waals surface area contributed by atoms with Crippen molar-refractivity contribution in [3.8, 4) is 0 Å². The third-order valence-corrected chi connectivity index (χ3v) is 7.34. The van der Waals surface area contributed by atoms with Gasteiger partial charge in [-0.25, -0.2) is 0 Å². The van der Waals surface area contributed by atoms with Crippen molar-refractivity contribution >= 4 is 43.3 Å². The molecule has 82 valence electrons. The molecule has 0 atom stereocenters. The van der Waals surface area contributed by atoms with Crippen LogP contribution in [0, 0.1) is 6.92 Å². The molecular formula is C14H14Se2. The van der Waals surface area contributed by atoms with Crippen LogP contribution >= 0.6 is 0 Å². The van der Waals surface area contributed by atoms with E-state index in [0.717, 1.165) is 0 Å². The van der Waals surface area contributed by atoms with Gasteiger partial charge in [0.2, 0.25) is 0 Å². The van der Waals surface area contributed by atoms with Crippen LogP contribution in [0.2, 0.25) is 5.82 Å². The van der Waals surface area contributed by atoms with Gasteiger partial charge in [0.05, 0.1) is 0 Å². The van der Waals surface area contributed by atoms with Gasteiger partial charge in [0.15, 0.2) is 0 Å². The second kappa shape index (κ2) is 5.70. The summed E-state index contributed by atoms with van der Waals surface area (Å²) >= 11 is 1.06. The van der Waals surface area contributed by atoms with Gasteiger partial charge in [-0.1, -0.05) is 0 Å². The number of hydrogen-bond acceptors (Lipinski definition) is 0. The maximum atomic E-state index is 2.29. The van der Waals surface area contributed by atoms with Crippen molar-refractivity contribution < 1.29 is 0 Å². The molecule has 2 rings (SSSR count). The van der Waals surface area contributed by atoms with Gasteiger partial charge in [-0.3, -0.25) is 0 Å². The van der Waals surface area contributed by atoms with E-state index in [4.69, 9.17) is 0 Å². The average molecular weight is 340 g/mol. The van der Waals surface area contributed by atoms with Gasteiger partial charge in [0.25, 0.3) is 0 Å². The minimum atomic E-state index is 0.458. The second-order valence-electron chi connectivity index (χ2n) is 3.52. The van der Waals surface area contributed by atoms with Crippen LogP contribution in [-0.4, -0.2) is 29.9 Å². The number of hydrogen-bond donors (Lipinski definition) is 0. The molecule has 2 aromatic rings. The Bertz CT molecular complexity index is 478. The van der Waals surface area contributed by atoms with Gasteiger partial charge in [0, 0.05) is 0 Å². The topological polar surface area (TPSA) is 0 Å². The first-order valence-corrected chi connectivity index (χ1v) is 9.46. The molecule has 0 aromatic heterocycles. The van der Waals surface area contributed by atoms with Gasteiger partial charge in [0.1, 0.15) is 0 Å². The standard InChI is InChI=1S/C14H14Se2/c1-11-7-3-4-8-12(11)16-14-10-6-5-9-13(14)15-2/h3-10H,1-2H3. The van der Waals surface area contributed by atoms with Crippen LogP contribution in [0.5, 0.6) is 0 Å². The fourth-order valence-electron chi connectivity index (χ4n) is 1.49. The Labute approximate surface area is 110 Å². The Morgan fingerprint density at radius 1 is 0.750 bits per heavy atom. The zero-order valence-electron chi connectivity index (χ0n) is 9.44. The predicted octanol–water partition coefficient (Wildman–Crippen LogP) is 1.03. The van der Waals surface area contributed by atoms with E-state index in [-0.39, 0.29) is 0 Å². The summed E-state index contributed by atoms with van der Waals surface area (Å²) in [6.45, 7) is 2.21. The van der Waals surface area contributed by atoms with Crippen LogP contribution in [-0.2, 0) is 0 Å². The van der Waals surface area contributed by atoms with Crippen LogP contribution in [0.25, 0.3) is 0 Å². The van der Waals surface area contributed by atoms with Crippen molar-refractivity contribution in [1.29, 1.82) is 0 Å². The van der Waals surface area contributed by atoms with Crippen LogP contribution in [0.3, 0.4) is 0 Å². The van der Waals surface area contributed by atoms with Gasteiger partial charge >= 0.3 is 110 Å². The van der Waals surface area contributed by atoms with Crippen LogP contribution in [0.1, 0.15) is 5.56 Å². The van der Waals surface area contributed by atoms with Gasteiger partial charge < -0.3 is 0 Å². The van der Waals surface area contributed by atoms with Gasteiger partial charge in [-0.2, -0.15) is 0 Å². The molecule has 2 heteroatoms. The molecule has 0 radical (unpaired) electrons. The Morgan fingerprint density at radius 3 is 1.94 bits per heavy atom. The van der Waals surface area contributed by atoms with E-state index in [9.17, 15) is 0 Å². The molecule has 0 unspecified atom stereocenters. The summed E-state index contributed by atoms with van der Waals surface area (Å²) in [7, 11) is 0. The normalized spacial score (nSPS) is 10.4. The van der Waals surface area contributed by atoms with Gasteiger partial charge in [-0.15, -0.1) is 0 Å². The molecular weight excluding hydrogens is 326 g/mol. The van der Waals surface area contributed by atoms with Crippen molar-refractivity contribution in [2.75, 3.05) is 0 Å². The fourth-order valence-corrected chi connectivity index (χ4v) is 5.82.